The lowest BCUT2D eigenvalue weighted by molar-refractivity contribution is -0.146. The number of rotatable bonds is 9. The van der Waals surface area contributed by atoms with Crippen LogP contribution in [0.5, 0.6) is 0 Å². The van der Waals surface area contributed by atoms with Gasteiger partial charge in [-0.15, -0.1) is 0 Å². The molecule has 8 nitrogen and oxygen atoms in total. The standard InChI is InChI=1S/C25H43N3O5/c1-8-12-26-20(30)17-16-10-11-25(33-16)18(17)22(32)28(15(9-2)13-29)19(25)21(31)27-24(6,7)14-23(3,4)5/h15-19,29H,8-14H2,1-7H3,(H,26,30)(H,27,31)/t15-,16-,17+,18-,19?,25?/m0/s1. The van der Waals surface area contributed by atoms with Gasteiger partial charge in [0.15, 0.2) is 0 Å². The maximum atomic E-state index is 13.8. The maximum Gasteiger partial charge on any atom is 0.246 e. The first kappa shape index (κ1) is 25.9. The van der Waals surface area contributed by atoms with E-state index in [9.17, 15) is 19.5 Å². The molecule has 0 aromatic rings. The average Bonchev–Trinajstić information content (AvgIpc) is 3.32. The Bertz CT molecular complexity index is 772. The van der Waals surface area contributed by atoms with Crippen molar-refractivity contribution >= 4 is 17.7 Å². The quantitative estimate of drug-likeness (QED) is 0.483. The van der Waals surface area contributed by atoms with Crippen molar-refractivity contribution in [3.05, 3.63) is 0 Å². The molecule has 1 spiro atoms. The molecule has 2 bridgehead atoms. The third-order valence-electron chi connectivity index (χ3n) is 7.35. The third kappa shape index (κ3) is 4.65. The lowest BCUT2D eigenvalue weighted by Crippen LogP contribution is -2.61. The summed E-state index contributed by atoms with van der Waals surface area (Å²) in [4.78, 5) is 42.2. The van der Waals surface area contributed by atoms with Gasteiger partial charge >= 0.3 is 0 Å². The van der Waals surface area contributed by atoms with Gasteiger partial charge in [0.25, 0.3) is 0 Å². The van der Waals surface area contributed by atoms with Crippen molar-refractivity contribution in [3.8, 4) is 0 Å². The molecule has 2 unspecified atom stereocenters. The minimum Gasteiger partial charge on any atom is -0.394 e. The number of likely N-dealkylation sites (tertiary alicyclic amines) is 1. The van der Waals surface area contributed by atoms with Gasteiger partial charge in [0, 0.05) is 12.1 Å². The van der Waals surface area contributed by atoms with E-state index in [1.807, 2.05) is 27.7 Å². The Morgan fingerprint density at radius 2 is 1.88 bits per heavy atom. The monoisotopic (exact) mass is 465 g/mol. The molecule has 0 saturated carbocycles. The minimum absolute atomic E-state index is 0.00457. The van der Waals surface area contributed by atoms with Gasteiger partial charge in [0.05, 0.1) is 30.6 Å². The Morgan fingerprint density at radius 1 is 1.21 bits per heavy atom. The van der Waals surface area contributed by atoms with E-state index in [-0.39, 0.29) is 35.8 Å². The second-order valence-corrected chi connectivity index (χ2v) is 11.9. The van der Waals surface area contributed by atoms with Crippen molar-refractivity contribution in [2.24, 2.45) is 17.3 Å². The summed E-state index contributed by atoms with van der Waals surface area (Å²) in [6, 6.07) is -1.36. The third-order valence-corrected chi connectivity index (χ3v) is 7.35. The molecule has 3 aliphatic rings. The number of carbonyl (C=O) groups is 3. The van der Waals surface area contributed by atoms with Crippen molar-refractivity contribution in [2.45, 2.75) is 110 Å². The van der Waals surface area contributed by atoms with Crippen LogP contribution in [0.1, 0.15) is 80.6 Å². The van der Waals surface area contributed by atoms with Gasteiger partial charge in [0.2, 0.25) is 17.7 Å². The van der Waals surface area contributed by atoms with Crippen LogP contribution < -0.4 is 10.6 Å². The van der Waals surface area contributed by atoms with E-state index in [1.54, 1.807) is 0 Å². The van der Waals surface area contributed by atoms with Gasteiger partial charge in [-0.25, -0.2) is 0 Å². The molecule has 6 atom stereocenters. The van der Waals surface area contributed by atoms with Crippen LogP contribution in [-0.2, 0) is 19.1 Å². The predicted molar refractivity (Wildman–Crippen MR) is 125 cm³/mol. The van der Waals surface area contributed by atoms with Gasteiger partial charge in [-0.05, 0) is 51.4 Å². The van der Waals surface area contributed by atoms with Crippen molar-refractivity contribution in [1.82, 2.24) is 15.5 Å². The number of aliphatic hydroxyl groups is 1. The molecule has 0 radical (unpaired) electrons. The Balaban J connectivity index is 1.98. The van der Waals surface area contributed by atoms with Crippen LogP contribution in [0, 0.1) is 17.3 Å². The summed E-state index contributed by atoms with van der Waals surface area (Å²) in [6.45, 7) is 14.5. The number of carbonyl (C=O) groups excluding carboxylic acids is 3. The van der Waals surface area contributed by atoms with Gasteiger partial charge in [-0.2, -0.15) is 0 Å². The summed E-state index contributed by atoms with van der Waals surface area (Å²) in [5.74, 6) is -1.98. The zero-order valence-corrected chi connectivity index (χ0v) is 21.4. The van der Waals surface area contributed by atoms with Gasteiger partial charge in [0.1, 0.15) is 11.6 Å². The topological polar surface area (TPSA) is 108 Å². The molecule has 3 rings (SSSR count). The molecule has 3 fully saturated rings. The molecule has 188 valence electrons. The Morgan fingerprint density at radius 3 is 2.42 bits per heavy atom. The van der Waals surface area contributed by atoms with Crippen LogP contribution in [0.4, 0.5) is 0 Å². The van der Waals surface area contributed by atoms with Crippen LogP contribution in [-0.4, -0.2) is 70.2 Å². The second kappa shape index (κ2) is 9.17. The van der Waals surface area contributed by atoms with Crippen LogP contribution in [0.25, 0.3) is 0 Å². The van der Waals surface area contributed by atoms with Crippen LogP contribution in [0.3, 0.4) is 0 Å². The summed E-state index contributed by atoms with van der Waals surface area (Å²) in [7, 11) is 0. The summed E-state index contributed by atoms with van der Waals surface area (Å²) >= 11 is 0. The summed E-state index contributed by atoms with van der Waals surface area (Å²) in [5.41, 5.74) is -1.51. The van der Waals surface area contributed by atoms with E-state index in [4.69, 9.17) is 4.74 Å². The van der Waals surface area contributed by atoms with Crippen molar-refractivity contribution in [3.63, 3.8) is 0 Å². The fourth-order valence-electron chi connectivity index (χ4n) is 6.64. The minimum atomic E-state index is -1.03. The van der Waals surface area contributed by atoms with Crippen molar-refractivity contribution < 1.29 is 24.2 Å². The number of aliphatic hydroxyl groups excluding tert-OH is 1. The smallest absolute Gasteiger partial charge is 0.246 e. The SMILES string of the molecule is CCCNC(=O)[C@@H]1[C@@H]2CCC3(O2)C(C(=O)NC(C)(C)CC(C)(C)C)N([C@@H](CC)CO)C(=O)[C@H]13. The van der Waals surface area contributed by atoms with Crippen molar-refractivity contribution in [1.29, 1.82) is 0 Å². The number of nitrogens with one attached hydrogen (secondary N) is 2. The number of hydrogen-bond donors (Lipinski definition) is 3. The number of ether oxygens (including phenoxy) is 1. The molecule has 3 saturated heterocycles. The molecule has 3 N–H and O–H groups in total. The highest BCUT2D eigenvalue weighted by Gasteiger charge is 2.75. The van der Waals surface area contributed by atoms with E-state index in [0.717, 1.165) is 12.8 Å². The zero-order chi connectivity index (χ0) is 24.8. The molecule has 0 aromatic heterocycles. The molecule has 3 amide bonds. The average molecular weight is 466 g/mol. The van der Waals surface area contributed by atoms with Gasteiger partial charge in [-0.1, -0.05) is 34.6 Å². The Kier molecular flexibility index (Phi) is 7.21. The highest BCUT2D eigenvalue weighted by Crippen LogP contribution is 2.58. The van der Waals surface area contributed by atoms with Crippen LogP contribution in [0.15, 0.2) is 0 Å². The summed E-state index contributed by atoms with van der Waals surface area (Å²) in [6.07, 6.45) is 2.91. The number of nitrogens with zero attached hydrogens (tertiary/aromatic N) is 1. The van der Waals surface area contributed by atoms with E-state index < -0.39 is 35.1 Å². The maximum absolute atomic E-state index is 13.8. The van der Waals surface area contributed by atoms with Crippen LogP contribution >= 0.6 is 0 Å². The first-order valence-corrected chi connectivity index (χ1v) is 12.5. The predicted octanol–water partition coefficient (Wildman–Crippen LogP) is 1.99. The van der Waals surface area contributed by atoms with Crippen molar-refractivity contribution in [2.75, 3.05) is 13.2 Å². The summed E-state index contributed by atoms with van der Waals surface area (Å²) < 4.78 is 6.42. The van der Waals surface area contributed by atoms with Gasteiger partial charge in [-0.3, -0.25) is 14.4 Å². The molecule has 3 aliphatic heterocycles. The highest BCUT2D eigenvalue weighted by molar-refractivity contribution is 5.99. The molecular weight excluding hydrogens is 422 g/mol. The molecule has 0 aliphatic carbocycles. The fourth-order valence-corrected chi connectivity index (χ4v) is 6.64. The van der Waals surface area contributed by atoms with E-state index in [1.165, 1.54) is 4.90 Å². The molecule has 0 aromatic carbocycles. The molecule has 3 heterocycles. The Labute approximate surface area is 198 Å². The highest BCUT2D eigenvalue weighted by atomic mass is 16.5. The lowest BCUT2D eigenvalue weighted by atomic mass is 9.70. The number of hydrogen-bond acceptors (Lipinski definition) is 5. The number of amides is 3. The van der Waals surface area contributed by atoms with Gasteiger partial charge < -0.3 is 25.4 Å². The van der Waals surface area contributed by atoms with E-state index in [2.05, 4.69) is 31.4 Å². The molecular formula is C25H43N3O5. The summed E-state index contributed by atoms with van der Waals surface area (Å²) in [5, 5.41) is 16.2. The Hall–Kier alpha value is -1.67. The normalized spacial score (nSPS) is 32.1. The number of fused-ring (bicyclic) bond motifs is 1. The largest absolute Gasteiger partial charge is 0.394 e. The van der Waals surface area contributed by atoms with E-state index >= 15 is 0 Å². The lowest BCUT2D eigenvalue weighted by Gasteiger charge is -2.40. The van der Waals surface area contributed by atoms with Crippen LogP contribution in [0.2, 0.25) is 0 Å². The first-order valence-electron chi connectivity index (χ1n) is 12.5. The molecule has 8 heteroatoms. The first-order chi connectivity index (χ1) is 15.3. The zero-order valence-electron chi connectivity index (χ0n) is 21.4. The second-order valence-electron chi connectivity index (χ2n) is 11.9. The van der Waals surface area contributed by atoms with E-state index in [0.29, 0.717) is 25.8 Å². The molecule has 33 heavy (non-hydrogen) atoms. The fraction of sp³-hybridized carbons (Fsp3) is 0.880.